The predicted molar refractivity (Wildman–Crippen MR) is 562 cm³/mol. The topological polar surface area (TPSA) is 6.48 Å². The third-order valence-corrected chi connectivity index (χ3v) is 37.7. The first-order chi connectivity index (χ1) is 64.0. The third-order valence-electron chi connectivity index (χ3n) is 37.7. The predicted octanol–water partition coefficient (Wildman–Crippen LogP) is 36.5. The van der Waals surface area contributed by atoms with Gasteiger partial charge in [0.25, 0.3) is 0 Å². The Hall–Kier alpha value is -10.0. The molecular weight excluding hydrogens is 1600 g/mol. The number of benzene rings is 13. The Morgan fingerprint density at radius 2 is 0.496 bits per heavy atom. The summed E-state index contributed by atoms with van der Waals surface area (Å²) < 4.78 is 0. The zero-order valence-corrected chi connectivity index (χ0v) is 81.9. The van der Waals surface area contributed by atoms with Crippen molar-refractivity contribution in [2.24, 2.45) is 76.9 Å². The highest BCUT2D eigenvalue weighted by Gasteiger charge is 2.55. The van der Waals surface area contributed by atoms with Crippen molar-refractivity contribution in [3.8, 4) is 66.8 Å². The maximum atomic E-state index is 2.80. The fourth-order valence-corrected chi connectivity index (χ4v) is 32.3. The van der Waals surface area contributed by atoms with Gasteiger partial charge in [-0.15, -0.1) is 0 Å². The van der Waals surface area contributed by atoms with Crippen molar-refractivity contribution in [3.05, 3.63) is 311 Å². The van der Waals surface area contributed by atoms with Crippen molar-refractivity contribution in [1.29, 1.82) is 0 Å². The molecule has 0 saturated heterocycles. The van der Waals surface area contributed by atoms with E-state index in [1.807, 2.05) is 0 Å². The average molecular weight is 1740 g/mol. The van der Waals surface area contributed by atoms with Crippen LogP contribution in [0.5, 0.6) is 0 Å². The summed E-state index contributed by atoms with van der Waals surface area (Å²) in [4.78, 5) is 5.61. The molecule has 15 saturated carbocycles. The van der Waals surface area contributed by atoms with E-state index in [2.05, 4.69) is 360 Å². The van der Waals surface area contributed by atoms with Crippen molar-refractivity contribution >= 4 is 55.7 Å². The lowest BCUT2D eigenvalue weighted by molar-refractivity contribution is -0.00530. The van der Waals surface area contributed by atoms with Gasteiger partial charge in [-0.05, 0) is 452 Å². The third kappa shape index (κ3) is 15.2. The highest BCUT2D eigenvalue weighted by atomic mass is 15.2. The zero-order chi connectivity index (χ0) is 90.1. The highest BCUT2D eigenvalue weighted by molar-refractivity contribution is 6.25. The van der Waals surface area contributed by atoms with Gasteiger partial charge >= 0.3 is 0 Å². The van der Waals surface area contributed by atoms with E-state index in [4.69, 9.17) is 0 Å². The summed E-state index contributed by atoms with van der Waals surface area (Å²) in [6.07, 6.45) is 33.7. The van der Waals surface area contributed by atoms with Crippen LogP contribution in [0, 0.1) is 76.9 Å². The summed E-state index contributed by atoms with van der Waals surface area (Å²) in [5.41, 5.74) is 33.6. The van der Waals surface area contributed by atoms with Crippen molar-refractivity contribution < 1.29 is 0 Å². The van der Waals surface area contributed by atoms with Crippen LogP contribution in [0.2, 0.25) is 0 Å². The van der Waals surface area contributed by atoms with Crippen molar-refractivity contribution in [2.75, 3.05) is 9.80 Å². The van der Waals surface area contributed by atoms with E-state index in [-0.39, 0.29) is 37.9 Å². The first-order valence-electron chi connectivity index (χ1n) is 52.8. The number of nitrogens with zero attached hydrogens (tertiary/aromatic N) is 2. The van der Waals surface area contributed by atoms with Crippen LogP contribution >= 0.6 is 0 Å². The number of anilines is 6. The second kappa shape index (κ2) is 31.5. The molecule has 2 nitrogen and oxygen atoms in total. The van der Waals surface area contributed by atoms with Crippen LogP contribution in [0.25, 0.3) is 88.3 Å². The molecule has 676 valence electrons. The minimum Gasteiger partial charge on any atom is -0.309 e. The average Bonchev–Trinajstić information content (AvgIpc) is 0.695. The molecule has 0 amide bonds. The van der Waals surface area contributed by atoms with E-state index in [9.17, 15) is 0 Å². The highest BCUT2D eigenvalue weighted by Crippen LogP contribution is 2.66. The van der Waals surface area contributed by atoms with Crippen LogP contribution in [-0.4, -0.2) is 0 Å². The second-order valence-electron chi connectivity index (χ2n) is 50.9. The van der Waals surface area contributed by atoms with E-state index in [0.717, 1.165) is 88.3 Å². The summed E-state index contributed by atoms with van der Waals surface area (Å²) >= 11 is 0. The molecule has 133 heavy (non-hydrogen) atoms. The molecule has 28 rings (SSSR count). The Morgan fingerprint density at radius 3 is 0.812 bits per heavy atom. The van der Waals surface area contributed by atoms with Crippen LogP contribution in [0.3, 0.4) is 0 Å². The SMILES string of the molecule is CC(C)(C)c1cc(N(c2cc(-c3ccc(C4CC5CC6CCC4C(C6)C5)cc3)cc(-c3ccc(C45CC6CC(CC(C6)C4)C5)cc3)c2)c2c3ccc(-c4ccccc4)cc3c(N(c3cc(-c4ccc(C56CC7CC(CC(C7)C5)C6)cc4)cc(-c4ccc(C56CC7CC(CC(C7)C5)C6)cc4)c3)c3cc(C(C)(C)C)cc(C(C)(C)C)c3)c3ccc(-c4ccccc4)cc23)cc(C(C)(C)C)c1. The van der Waals surface area contributed by atoms with Crippen LogP contribution < -0.4 is 9.80 Å². The molecule has 0 N–H and O–H groups in total. The number of hydrogen-bond acceptors (Lipinski definition) is 2. The molecule has 15 aliphatic rings. The van der Waals surface area contributed by atoms with Gasteiger partial charge in [-0.2, -0.15) is 0 Å². The molecule has 2 heteroatoms. The normalized spacial score (nSPS) is 28.7. The Balaban J connectivity index is 0.766. The standard InChI is InChI=1S/C131H142N2/c1-125(2,3)109-66-110(126(4,5)6)69-115(68-109)132(113-60-101(94-24-26-98(27-25-94)120-57-82-45-81-23-42-117(120)105(55-81)56-82)58-102(61-113)95-28-36-106(37-29-95)129-72-83-46-84(73-129)48-85(47-83)74-129)123-118-43-34-100(93-21-17-14-18-22-93)65-122(118)124(119-44-35-99(64-121(119)123)92-19-15-13-16-20-92)133(116-70-111(127(7,8)9)67-112(71-116)128(10,11)12)114-62-103(96-30-38-107(39-31-96)130-75-86-49-87(76-130)51-88(50-86)77-130)59-104(63-114)97-32-40-108(41-33-97)131-78-89-52-90(79-131)54-91(53-89)80-131/h13-22,24-41,43-44,58-71,81-91,105,117,120H,23,42,45-57,72-80H2,1-12H3. The monoisotopic (exact) mass is 1740 g/mol. The fraction of sp³-hybridized carbons (Fsp3) is 0.435. The Morgan fingerprint density at radius 1 is 0.218 bits per heavy atom. The molecular formula is C131H142N2. The summed E-state index contributed by atoms with van der Waals surface area (Å²) in [6, 6.07) is 110. The second-order valence-corrected chi connectivity index (χ2v) is 50.9. The molecule has 0 aliphatic heterocycles. The van der Waals surface area contributed by atoms with Crippen LogP contribution in [0.4, 0.5) is 34.1 Å². The molecule has 5 unspecified atom stereocenters. The first kappa shape index (κ1) is 84.7. The Bertz CT molecular complexity index is 6310. The zero-order valence-electron chi connectivity index (χ0n) is 81.9. The van der Waals surface area contributed by atoms with Gasteiger partial charge in [-0.3, -0.25) is 0 Å². The van der Waals surface area contributed by atoms with Gasteiger partial charge in [-0.1, -0.05) is 284 Å². The van der Waals surface area contributed by atoms with E-state index >= 15 is 0 Å². The van der Waals surface area contributed by atoms with Gasteiger partial charge in [-0.25, -0.2) is 0 Å². The van der Waals surface area contributed by atoms with Gasteiger partial charge < -0.3 is 9.80 Å². The van der Waals surface area contributed by atoms with Gasteiger partial charge in [0.1, 0.15) is 0 Å². The minimum atomic E-state index is -0.196. The van der Waals surface area contributed by atoms with Gasteiger partial charge in [0.15, 0.2) is 0 Å². The molecule has 15 fully saturated rings. The van der Waals surface area contributed by atoms with Crippen LogP contribution in [0.15, 0.2) is 267 Å². The fourth-order valence-electron chi connectivity index (χ4n) is 32.3. The van der Waals surface area contributed by atoms with Gasteiger partial charge in [0.2, 0.25) is 0 Å². The summed E-state index contributed by atoms with van der Waals surface area (Å²) in [7, 11) is 0. The summed E-state index contributed by atoms with van der Waals surface area (Å²) in [5.74, 6) is 12.0. The number of fused-ring (bicyclic) bond motifs is 4. The van der Waals surface area contributed by atoms with Gasteiger partial charge in [0.05, 0.1) is 11.4 Å². The van der Waals surface area contributed by atoms with Crippen molar-refractivity contribution in [1.82, 2.24) is 0 Å². The van der Waals surface area contributed by atoms with E-state index in [1.165, 1.54) is 287 Å². The molecule has 13 aromatic rings. The van der Waals surface area contributed by atoms with Crippen LogP contribution in [0.1, 0.15) is 288 Å². The maximum absolute atomic E-state index is 2.80. The number of hydrogen-bond donors (Lipinski definition) is 0. The van der Waals surface area contributed by atoms with E-state index in [0.29, 0.717) is 5.92 Å². The smallest absolute Gasteiger partial charge is 0.0620 e. The molecule has 0 spiro atoms. The quantitative estimate of drug-likeness (QED) is 0.0703. The summed E-state index contributed by atoms with van der Waals surface area (Å²) in [6.45, 7) is 29.2. The molecule has 5 atom stereocenters. The number of rotatable bonds is 16. The molecule has 0 radical (unpaired) electrons. The van der Waals surface area contributed by atoms with E-state index in [1.54, 1.807) is 22.3 Å². The molecule has 0 aromatic heterocycles. The van der Waals surface area contributed by atoms with Crippen molar-refractivity contribution in [3.63, 3.8) is 0 Å². The lowest BCUT2D eigenvalue weighted by atomic mass is 9.48. The van der Waals surface area contributed by atoms with E-state index < -0.39 is 0 Å². The lowest BCUT2D eigenvalue weighted by Crippen LogP contribution is -2.48. The largest absolute Gasteiger partial charge is 0.309 e. The molecule has 15 aliphatic carbocycles. The lowest BCUT2D eigenvalue weighted by Gasteiger charge is -2.57. The maximum Gasteiger partial charge on any atom is 0.0620 e. The first-order valence-corrected chi connectivity index (χ1v) is 52.8. The minimum absolute atomic E-state index is 0.196. The van der Waals surface area contributed by atoms with Crippen molar-refractivity contribution in [2.45, 2.75) is 281 Å². The summed E-state index contributed by atoms with van der Waals surface area (Å²) in [5, 5.41) is 4.78. The Labute approximate surface area is 796 Å². The van der Waals surface area contributed by atoms with Gasteiger partial charge in [0, 0.05) is 44.3 Å². The Kier molecular flexibility index (Phi) is 20.1. The van der Waals surface area contributed by atoms with Crippen LogP contribution in [-0.2, 0) is 37.9 Å². The molecule has 0 heterocycles. The molecule has 13 aromatic carbocycles. The molecule has 15 bridgehead atoms.